The molecule has 1 aliphatic heterocycles. The minimum Gasteiger partial charge on any atom is -0.394 e. The Balaban J connectivity index is 2.93. The summed E-state index contributed by atoms with van der Waals surface area (Å²) >= 11 is 5.54. The van der Waals surface area contributed by atoms with Crippen LogP contribution in [0.4, 0.5) is 4.79 Å². The topological polar surface area (TPSA) is 122 Å². The van der Waals surface area contributed by atoms with Crippen molar-refractivity contribution >= 4 is 17.6 Å². The van der Waals surface area contributed by atoms with Crippen LogP contribution in [-0.4, -0.2) is 87.6 Å². The van der Waals surface area contributed by atoms with Gasteiger partial charge in [-0.2, -0.15) is 0 Å². The predicted octanol–water partition coefficient (Wildman–Crippen LogP) is -1.31. The van der Waals surface area contributed by atoms with Gasteiger partial charge < -0.3 is 30.5 Å². The molecule has 9 heteroatoms. The molecule has 0 aromatic heterocycles. The van der Waals surface area contributed by atoms with Gasteiger partial charge in [-0.15, -0.1) is 11.6 Å². The van der Waals surface area contributed by atoms with Crippen LogP contribution >= 0.6 is 11.6 Å². The number of nitrogens with zero attached hydrogens (tertiary/aromatic N) is 1. The van der Waals surface area contributed by atoms with E-state index in [0.717, 1.165) is 0 Å². The number of halogens is 1. The largest absolute Gasteiger partial charge is 0.394 e. The summed E-state index contributed by atoms with van der Waals surface area (Å²) in [4.78, 5) is 13.5. The van der Waals surface area contributed by atoms with Gasteiger partial charge in [0.1, 0.15) is 24.4 Å². The number of nitrogens with one attached hydrogen (secondary N) is 1. The van der Waals surface area contributed by atoms with E-state index in [1.54, 1.807) is 0 Å². The summed E-state index contributed by atoms with van der Waals surface area (Å²) in [6.07, 6.45) is -6.69. The molecule has 1 saturated heterocycles. The molecule has 2 amide bonds. The summed E-state index contributed by atoms with van der Waals surface area (Å²) in [5.74, 6) is 0.310. The third-order valence-electron chi connectivity index (χ3n) is 3.37. The molecule has 0 spiro atoms. The third-order valence-corrected chi connectivity index (χ3v) is 3.56. The van der Waals surface area contributed by atoms with E-state index in [-0.39, 0.29) is 24.9 Å². The predicted molar refractivity (Wildman–Crippen MR) is 79.4 cm³/mol. The van der Waals surface area contributed by atoms with Crippen molar-refractivity contribution in [3.05, 3.63) is 0 Å². The minimum atomic E-state index is -1.52. The first-order valence-corrected chi connectivity index (χ1v) is 7.77. The standard InChI is InChI=1S/C13H25ClN2O6/c1-7(2)5-16(13(21)15-4-3-14)12-11(20)10(19)9(18)8(6-17)22-12/h7-12,17-20H,3-6H2,1-2H3,(H,15,21)/t8-,9-,10+,11-,12?/m1/s1. The first-order chi connectivity index (χ1) is 10.3. The molecule has 130 valence electrons. The zero-order valence-electron chi connectivity index (χ0n) is 12.7. The fraction of sp³-hybridized carbons (Fsp3) is 0.923. The maximum Gasteiger partial charge on any atom is 0.319 e. The van der Waals surface area contributed by atoms with Crippen LogP contribution in [-0.2, 0) is 4.74 Å². The van der Waals surface area contributed by atoms with Crippen molar-refractivity contribution < 1.29 is 30.0 Å². The maximum absolute atomic E-state index is 12.2. The smallest absolute Gasteiger partial charge is 0.319 e. The Bertz CT molecular complexity index is 357. The van der Waals surface area contributed by atoms with Crippen molar-refractivity contribution in [3.63, 3.8) is 0 Å². The third kappa shape index (κ3) is 4.68. The van der Waals surface area contributed by atoms with Crippen LogP contribution < -0.4 is 5.32 Å². The van der Waals surface area contributed by atoms with Crippen molar-refractivity contribution in [1.82, 2.24) is 10.2 Å². The van der Waals surface area contributed by atoms with E-state index in [4.69, 9.17) is 16.3 Å². The Morgan fingerprint density at radius 2 is 1.91 bits per heavy atom. The van der Waals surface area contributed by atoms with Crippen LogP contribution in [0.1, 0.15) is 13.8 Å². The van der Waals surface area contributed by atoms with Gasteiger partial charge in [0, 0.05) is 19.0 Å². The molecule has 8 nitrogen and oxygen atoms in total. The average Bonchev–Trinajstić information content (AvgIpc) is 2.48. The van der Waals surface area contributed by atoms with Gasteiger partial charge in [0.2, 0.25) is 0 Å². The van der Waals surface area contributed by atoms with Crippen LogP contribution in [0.25, 0.3) is 0 Å². The van der Waals surface area contributed by atoms with E-state index in [2.05, 4.69) is 5.32 Å². The quantitative estimate of drug-likeness (QED) is 0.383. The number of rotatable bonds is 6. The van der Waals surface area contributed by atoms with Gasteiger partial charge >= 0.3 is 6.03 Å². The fourth-order valence-electron chi connectivity index (χ4n) is 2.29. The number of ether oxygens (including phenoxy) is 1. The molecule has 5 atom stereocenters. The lowest BCUT2D eigenvalue weighted by Gasteiger charge is -2.44. The van der Waals surface area contributed by atoms with Gasteiger partial charge in [-0.05, 0) is 5.92 Å². The van der Waals surface area contributed by atoms with Crippen molar-refractivity contribution in [2.45, 2.75) is 44.5 Å². The molecule has 1 unspecified atom stereocenters. The number of urea groups is 1. The first kappa shape index (κ1) is 19.4. The molecule has 5 N–H and O–H groups in total. The lowest BCUT2D eigenvalue weighted by molar-refractivity contribution is -0.258. The Morgan fingerprint density at radius 3 is 2.41 bits per heavy atom. The molecule has 0 radical (unpaired) electrons. The molecular weight excluding hydrogens is 316 g/mol. The lowest BCUT2D eigenvalue weighted by atomic mass is 9.97. The second-order valence-corrected chi connectivity index (χ2v) is 6.06. The summed E-state index contributed by atoms with van der Waals surface area (Å²) in [7, 11) is 0. The second kappa shape index (κ2) is 8.85. The van der Waals surface area contributed by atoms with Crippen LogP contribution in [0.2, 0.25) is 0 Å². The molecule has 1 heterocycles. The number of hydrogen-bond donors (Lipinski definition) is 5. The number of carbonyl (C=O) groups is 1. The Kier molecular flexibility index (Phi) is 7.81. The van der Waals surface area contributed by atoms with Gasteiger partial charge in [-0.3, -0.25) is 4.90 Å². The highest BCUT2D eigenvalue weighted by Gasteiger charge is 2.46. The van der Waals surface area contributed by atoms with Gasteiger partial charge in [-0.1, -0.05) is 13.8 Å². The number of hydrogen-bond acceptors (Lipinski definition) is 6. The zero-order valence-corrected chi connectivity index (χ0v) is 13.5. The molecule has 1 aliphatic rings. The summed E-state index contributed by atoms with van der Waals surface area (Å²) in [5.41, 5.74) is 0. The fourth-order valence-corrected chi connectivity index (χ4v) is 2.39. The van der Waals surface area contributed by atoms with Crippen LogP contribution in [0.5, 0.6) is 0 Å². The number of aliphatic hydroxyl groups is 4. The van der Waals surface area contributed by atoms with E-state index in [1.165, 1.54) is 4.90 Å². The molecule has 1 fully saturated rings. The Hall–Kier alpha value is -0.640. The lowest BCUT2D eigenvalue weighted by Crippen LogP contribution is -2.65. The van der Waals surface area contributed by atoms with Crippen LogP contribution in [0.15, 0.2) is 0 Å². The highest BCUT2D eigenvalue weighted by Crippen LogP contribution is 2.24. The molecule has 22 heavy (non-hydrogen) atoms. The monoisotopic (exact) mass is 340 g/mol. The normalized spacial score (nSPS) is 32.1. The molecule has 0 bridgehead atoms. The molecule has 0 aliphatic carbocycles. The van der Waals surface area contributed by atoms with Gasteiger partial charge in [0.15, 0.2) is 6.23 Å². The van der Waals surface area contributed by atoms with E-state index in [9.17, 15) is 25.2 Å². The van der Waals surface area contributed by atoms with Gasteiger partial charge in [0.25, 0.3) is 0 Å². The van der Waals surface area contributed by atoms with Crippen LogP contribution in [0.3, 0.4) is 0 Å². The number of amides is 2. The molecule has 0 aromatic carbocycles. The summed E-state index contributed by atoms with van der Waals surface area (Å²) in [6, 6.07) is -0.501. The minimum absolute atomic E-state index is 0.0779. The highest BCUT2D eigenvalue weighted by molar-refractivity contribution is 6.18. The van der Waals surface area contributed by atoms with Crippen molar-refractivity contribution in [2.75, 3.05) is 25.6 Å². The van der Waals surface area contributed by atoms with Crippen molar-refractivity contribution in [1.29, 1.82) is 0 Å². The molecular formula is C13H25ClN2O6. The van der Waals surface area contributed by atoms with E-state index in [1.807, 2.05) is 13.8 Å². The molecule has 1 rings (SSSR count). The van der Waals surface area contributed by atoms with Crippen LogP contribution in [0, 0.1) is 5.92 Å². The van der Waals surface area contributed by atoms with Gasteiger partial charge in [0.05, 0.1) is 6.61 Å². The SMILES string of the molecule is CC(C)CN(C(=O)NCCCl)C1O[C@H](CO)[C@@H](O)[C@H](O)[C@H]1O. The summed E-state index contributed by atoms with van der Waals surface area (Å²) in [6.45, 7) is 3.72. The van der Waals surface area contributed by atoms with E-state index < -0.39 is 43.3 Å². The number of carbonyl (C=O) groups excluding carboxylic acids is 1. The van der Waals surface area contributed by atoms with E-state index in [0.29, 0.717) is 0 Å². The van der Waals surface area contributed by atoms with E-state index >= 15 is 0 Å². The zero-order chi connectivity index (χ0) is 16.9. The van der Waals surface area contributed by atoms with Crippen molar-refractivity contribution in [2.24, 2.45) is 5.92 Å². The highest BCUT2D eigenvalue weighted by atomic mass is 35.5. The Labute approximate surface area is 134 Å². The molecule has 0 saturated carbocycles. The number of alkyl halides is 1. The molecule has 0 aromatic rings. The second-order valence-electron chi connectivity index (χ2n) is 5.69. The first-order valence-electron chi connectivity index (χ1n) is 7.24. The maximum atomic E-state index is 12.2. The summed E-state index contributed by atoms with van der Waals surface area (Å²) in [5, 5.41) is 41.5. The number of aliphatic hydroxyl groups excluding tert-OH is 4. The van der Waals surface area contributed by atoms with Crippen molar-refractivity contribution in [3.8, 4) is 0 Å². The summed E-state index contributed by atoms with van der Waals surface area (Å²) < 4.78 is 5.42. The van der Waals surface area contributed by atoms with Gasteiger partial charge in [-0.25, -0.2) is 4.79 Å². The average molecular weight is 341 g/mol. The Morgan fingerprint density at radius 1 is 1.27 bits per heavy atom.